The number of carboxylic acid groups (broad SMARTS) is 2. The van der Waals surface area contributed by atoms with Gasteiger partial charge in [0.25, 0.3) is 0 Å². The van der Waals surface area contributed by atoms with Gasteiger partial charge in [-0.15, -0.1) is 0 Å². The molecule has 2 N–H and O–H groups in total. The minimum atomic E-state index is -1.21. The van der Waals surface area contributed by atoms with Crippen molar-refractivity contribution < 1.29 is 24.2 Å². The van der Waals surface area contributed by atoms with Gasteiger partial charge in [-0.3, -0.25) is 4.79 Å². The summed E-state index contributed by atoms with van der Waals surface area (Å²) in [6.45, 7) is 1.57. The maximum atomic E-state index is 14.1. The Morgan fingerprint density at radius 2 is 2.00 bits per heavy atom. The summed E-state index contributed by atoms with van der Waals surface area (Å²) in [7, 11) is 0. The van der Waals surface area contributed by atoms with Crippen molar-refractivity contribution in [2.75, 3.05) is 0 Å². The van der Waals surface area contributed by atoms with Gasteiger partial charge in [0.2, 0.25) is 0 Å². The van der Waals surface area contributed by atoms with Gasteiger partial charge in [0, 0.05) is 9.89 Å². The highest BCUT2D eigenvalue weighted by molar-refractivity contribution is 9.10. The molecule has 0 spiro atoms. The molecule has 6 heteroatoms. The van der Waals surface area contributed by atoms with E-state index in [0.29, 0.717) is 4.47 Å². The Morgan fingerprint density at radius 3 is 2.57 bits per heavy atom. The van der Waals surface area contributed by atoms with Crippen molar-refractivity contribution >= 4 is 27.9 Å². The van der Waals surface area contributed by atoms with E-state index in [4.69, 9.17) is 5.11 Å². The van der Waals surface area contributed by atoms with E-state index in [-0.39, 0.29) is 11.1 Å². The average molecular weight is 355 g/mol. The van der Waals surface area contributed by atoms with Crippen molar-refractivity contribution in [3.8, 4) is 0 Å². The number of carboxylic acids is 2. The minimum Gasteiger partial charge on any atom is -0.481 e. The lowest BCUT2D eigenvalue weighted by molar-refractivity contribution is -0.141. The zero-order valence-corrected chi connectivity index (χ0v) is 12.6. The third-order valence-corrected chi connectivity index (χ3v) is 4.12. The van der Waals surface area contributed by atoms with Gasteiger partial charge in [-0.25, -0.2) is 9.18 Å². The van der Waals surface area contributed by atoms with Gasteiger partial charge in [0.05, 0.1) is 11.5 Å². The molecule has 110 valence electrons. The standard InChI is InChI=1S/C15H12BrFO4/c1-15(10-7-9(16)2-3-12(10)17)5-4-8(13(18)19)6-11(15)14(20)21/h2-7,11H,1H3,(H,18,19)(H,20,21). The summed E-state index contributed by atoms with van der Waals surface area (Å²) in [6.07, 6.45) is 3.88. The molecule has 0 amide bonds. The van der Waals surface area contributed by atoms with E-state index in [1.54, 1.807) is 6.92 Å². The van der Waals surface area contributed by atoms with Crippen molar-refractivity contribution in [2.24, 2.45) is 5.92 Å². The fraction of sp³-hybridized carbons (Fsp3) is 0.200. The summed E-state index contributed by atoms with van der Waals surface area (Å²) < 4.78 is 14.7. The van der Waals surface area contributed by atoms with Gasteiger partial charge in [-0.05, 0) is 23.8 Å². The van der Waals surface area contributed by atoms with E-state index < -0.39 is 29.1 Å². The first-order valence-corrected chi connectivity index (χ1v) is 6.87. The lowest BCUT2D eigenvalue weighted by atomic mass is 9.68. The summed E-state index contributed by atoms with van der Waals surface area (Å²) in [5.74, 6) is -4.13. The predicted molar refractivity (Wildman–Crippen MR) is 77.4 cm³/mol. The highest BCUT2D eigenvalue weighted by atomic mass is 79.9. The van der Waals surface area contributed by atoms with Crippen LogP contribution in [0.3, 0.4) is 0 Å². The highest BCUT2D eigenvalue weighted by Gasteiger charge is 2.41. The summed E-state index contributed by atoms with van der Waals surface area (Å²) in [5, 5.41) is 18.4. The molecule has 1 aromatic carbocycles. The zero-order chi connectivity index (χ0) is 15.8. The van der Waals surface area contributed by atoms with Crippen LogP contribution in [0.4, 0.5) is 4.39 Å². The monoisotopic (exact) mass is 354 g/mol. The number of rotatable bonds is 3. The van der Waals surface area contributed by atoms with Crippen LogP contribution < -0.4 is 0 Å². The van der Waals surface area contributed by atoms with Crippen molar-refractivity contribution in [1.29, 1.82) is 0 Å². The maximum Gasteiger partial charge on any atom is 0.335 e. The second-order valence-electron chi connectivity index (χ2n) is 4.98. The Bertz CT molecular complexity index is 680. The molecule has 4 nitrogen and oxygen atoms in total. The van der Waals surface area contributed by atoms with Crippen LogP contribution >= 0.6 is 15.9 Å². The lowest BCUT2D eigenvalue weighted by Crippen LogP contribution is -2.37. The fourth-order valence-electron chi connectivity index (χ4n) is 2.41. The number of hydrogen-bond donors (Lipinski definition) is 2. The van der Waals surface area contributed by atoms with Crippen molar-refractivity contribution in [3.05, 3.63) is 57.9 Å². The van der Waals surface area contributed by atoms with Crippen LogP contribution in [0.5, 0.6) is 0 Å². The third-order valence-electron chi connectivity index (χ3n) is 3.62. The summed E-state index contributed by atoms with van der Waals surface area (Å²) in [6, 6.07) is 4.27. The SMILES string of the molecule is CC1(c2cc(Br)ccc2F)C=CC(C(=O)O)=CC1C(=O)O. The predicted octanol–water partition coefficient (Wildman–Crippen LogP) is 3.13. The van der Waals surface area contributed by atoms with Crippen molar-refractivity contribution in [2.45, 2.75) is 12.3 Å². The molecule has 2 rings (SSSR count). The molecule has 0 saturated heterocycles. The molecule has 0 radical (unpaired) electrons. The van der Waals surface area contributed by atoms with Gasteiger partial charge < -0.3 is 10.2 Å². The van der Waals surface area contributed by atoms with E-state index in [0.717, 1.165) is 6.08 Å². The molecule has 1 aliphatic rings. The number of halogens is 2. The minimum absolute atomic E-state index is 0.115. The van der Waals surface area contributed by atoms with E-state index in [2.05, 4.69) is 15.9 Å². The van der Waals surface area contributed by atoms with Crippen LogP contribution in [-0.4, -0.2) is 22.2 Å². The molecule has 1 aromatic rings. The molecule has 2 atom stereocenters. The van der Waals surface area contributed by atoms with Gasteiger partial charge >= 0.3 is 11.9 Å². The Balaban J connectivity index is 2.60. The first kappa shape index (κ1) is 15.4. The molecule has 0 aromatic heterocycles. The number of carbonyl (C=O) groups is 2. The Labute approximate surface area is 128 Å². The summed E-state index contributed by atoms with van der Waals surface area (Å²) in [4.78, 5) is 22.5. The number of allylic oxidation sites excluding steroid dienone is 1. The number of hydrogen-bond acceptors (Lipinski definition) is 2. The van der Waals surface area contributed by atoms with Gasteiger partial charge in [0.1, 0.15) is 5.82 Å². The van der Waals surface area contributed by atoms with Crippen molar-refractivity contribution in [1.82, 2.24) is 0 Å². The van der Waals surface area contributed by atoms with E-state index in [9.17, 15) is 19.1 Å². The van der Waals surface area contributed by atoms with Crippen molar-refractivity contribution in [3.63, 3.8) is 0 Å². The average Bonchev–Trinajstić information content (AvgIpc) is 2.41. The van der Waals surface area contributed by atoms with Gasteiger partial charge in [0.15, 0.2) is 0 Å². The second kappa shape index (κ2) is 5.44. The quantitative estimate of drug-likeness (QED) is 0.874. The zero-order valence-electron chi connectivity index (χ0n) is 11.0. The second-order valence-corrected chi connectivity index (χ2v) is 5.90. The molecule has 0 fully saturated rings. The number of aliphatic carboxylic acids is 2. The normalized spacial score (nSPS) is 24.5. The maximum absolute atomic E-state index is 14.1. The molecular formula is C15H12BrFO4. The molecule has 2 unspecified atom stereocenters. The number of benzene rings is 1. The molecule has 1 aliphatic carbocycles. The molecule has 0 bridgehead atoms. The smallest absolute Gasteiger partial charge is 0.335 e. The Hall–Kier alpha value is -1.95. The molecule has 0 aliphatic heterocycles. The molecule has 0 saturated carbocycles. The lowest BCUT2D eigenvalue weighted by Gasteiger charge is -2.34. The summed E-state index contributed by atoms with van der Waals surface area (Å²) in [5.41, 5.74) is -1.09. The Morgan fingerprint density at radius 1 is 1.33 bits per heavy atom. The molecule has 21 heavy (non-hydrogen) atoms. The third kappa shape index (κ3) is 2.76. The van der Waals surface area contributed by atoms with Crippen LogP contribution in [0.1, 0.15) is 12.5 Å². The van der Waals surface area contributed by atoms with E-state index in [1.165, 1.54) is 30.4 Å². The topological polar surface area (TPSA) is 74.6 Å². The largest absolute Gasteiger partial charge is 0.481 e. The Kier molecular flexibility index (Phi) is 4.00. The molecule has 0 heterocycles. The van der Waals surface area contributed by atoms with Crippen LogP contribution in [-0.2, 0) is 15.0 Å². The first-order valence-electron chi connectivity index (χ1n) is 6.08. The first-order chi connectivity index (χ1) is 9.75. The van der Waals surface area contributed by atoms with Crippen LogP contribution in [0.25, 0.3) is 0 Å². The van der Waals surface area contributed by atoms with E-state index >= 15 is 0 Å². The van der Waals surface area contributed by atoms with Crippen LogP contribution in [0.15, 0.2) is 46.5 Å². The van der Waals surface area contributed by atoms with Crippen LogP contribution in [0.2, 0.25) is 0 Å². The van der Waals surface area contributed by atoms with Gasteiger partial charge in [-0.2, -0.15) is 0 Å². The van der Waals surface area contributed by atoms with Crippen LogP contribution in [0, 0.1) is 11.7 Å². The van der Waals surface area contributed by atoms with Gasteiger partial charge in [-0.1, -0.05) is 41.1 Å². The molecular weight excluding hydrogens is 343 g/mol. The highest BCUT2D eigenvalue weighted by Crippen LogP contribution is 2.40. The fourth-order valence-corrected chi connectivity index (χ4v) is 2.77. The summed E-state index contributed by atoms with van der Waals surface area (Å²) >= 11 is 3.23. The van der Waals surface area contributed by atoms with E-state index in [1.807, 2.05) is 0 Å².